The molecule has 0 aliphatic carbocycles. The van der Waals surface area contributed by atoms with Crippen molar-refractivity contribution in [2.45, 2.75) is 52.0 Å². The third-order valence-electron chi connectivity index (χ3n) is 3.85. The number of piperidine rings is 1. The van der Waals surface area contributed by atoms with Gasteiger partial charge in [0.05, 0.1) is 5.69 Å². The first kappa shape index (κ1) is 15.1. The van der Waals surface area contributed by atoms with Crippen LogP contribution < -0.4 is 0 Å². The van der Waals surface area contributed by atoms with Crippen molar-refractivity contribution in [1.29, 1.82) is 0 Å². The first-order valence-electron chi connectivity index (χ1n) is 7.63. The number of nitrogens with zero attached hydrogens (tertiary/aromatic N) is 5. The molecule has 3 rings (SSSR count). The van der Waals surface area contributed by atoms with Gasteiger partial charge >= 0.3 is 0 Å². The average molecular weight is 321 g/mol. The number of aromatic nitrogens is 4. The molecule has 1 amide bonds. The summed E-state index contributed by atoms with van der Waals surface area (Å²) in [5.74, 6) is 1.23. The molecule has 0 unspecified atom stereocenters. The van der Waals surface area contributed by atoms with Crippen LogP contribution in [0.5, 0.6) is 0 Å². The number of likely N-dealkylation sites (tertiary alicyclic amines) is 1. The summed E-state index contributed by atoms with van der Waals surface area (Å²) in [6, 6.07) is -0.138. The summed E-state index contributed by atoms with van der Waals surface area (Å²) in [6.07, 6.45) is 4.66. The van der Waals surface area contributed by atoms with E-state index in [0.717, 1.165) is 43.6 Å². The van der Waals surface area contributed by atoms with Gasteiger partial charge in [-0.2, -0.15) is 4.98 Å². The van der Waals surface area contributed by atoms with Gasteiger partial charge < -0.3 is 9.42 Å². The van der Waals surface area contributed by atoms with Gasteiger partial charge in [-0.05, 0) is 44.1 Å². The Hall–Kier alpha value is -1.83. The zero-order chi connectivity index (χ0) is 15.5. The lowest BCUT2D eigenvalue weighted by molar-refractivity contribution is 0.0565. The molecule has 118 valence electrons. The van der Waals surface area contributed by atoms with Crippen molar-refractivity contribution in [3.8, 4) is 0 Å². The second kappa shape index (κ2) is 6.51. The molecule has 0 aromatic carbocycles. The lowest BCUT2D eigenvalue weighted by Gasteiger charge is -2.33. The Morgan fingerprint density at radius 3 is 3.05 bits per heavy atom. The van der Waals surface area contributed by atoms with Crippen LogP contribution in [0.3, 0.4) is 0 Å². The Labute approximate surface area is 132 Å². The summed E-state index contributed by atoms with van der Waals surface area (Å²) in [5.41, 5.74) is 0.677. The summed E-state index contributed by atoms with van der Waals surface area (Å²) in [7, 11) is 0. The maximum atomic E-state index is 12.8. The molecule has 0 saturated carbocycles. The lowest BCUT2D eigenvalue weighted by atomic mass is 10.0. The van der Waals surface area contributed by atoms with Gasteiger partial charge in [-0.25, -0.2) is 0 Å². The number of hydrogen-bond acceptors (Lipinski definition) is 7. The summed E-state index contributed by atoms with van der Waals surface area (Å²) < 4.78 is 9.26. The van der Waals surface area contributed by atoms with E-state index >= 15 is 0 Å². The van der Waals surface area contributed by atoms with E-state index in [9.17, 15) is 4.79 Å². The van der Waals surface area contributed by atoms with E-state index < -0.39 is 0 Å². The predicted octanol–water partition coefficient (Wildman–Crippen LogP) is 2.55. The normalized spacial score (nSPS) is 18.6. The quantitative estimate of drug-likeness (QED) is 0.860. The van der Waals surface area contributed by atoms with E-state index in [0.29, 0.717) is 28.8 Å². The van der Waals surface area contributed by atoms with Crippen LogP contribution >= 0.6 is 11.5 Å². The molecular formula is C14H19N5O2S. The molecule has 1 aliphatic rings. The van der Waals surface area contributed by atoms with Gasteiger partial charge in [-0.1, -0.05) is 16.6 Å². The molecule has 3 heterocycles. The van der Waals surface area contributed by atoms with E-state index in [1.165, 1.54) is 0 Å². The van der Waals surface area contributed by atoms with Crippen LogP contribution in [-0.2, 0) is 6.42 Å². The minimum atomic E-state index is -0.138. The van der Waals surface area contributed by atoms with Gasteiger partial charge in [0.1, 0.15) is 10.9 Å². The predicted molar refractivity (Wildman–Crippen MR) is 80.6 cm³/mol. The van der Waals surface area contributed by atoms with Crippen molar-refractivity contribution in [2.24, 2.45) is 0 Å². The Kier molecular flexibility index (Phi) is 4.47. The van der Waals surface area contributed by atoms with Gasteiger partial charge in [0, 0.05) is 13.0 Å². The number of hydrogen-bond donors (Lipinski definition) is 0. The van der Waals surface area contributed by atoms with Crippen LogP contribution in [0.4, 0.5) is 0 Å². The molecule has 1 aliphatic heterocycles. The number of aryl methyl sites for hydroxylation is 2. The molecule has 0 spiro atoms. The van der Waals surface area contributed by atoms with E-state index in [4.69, 9.17) is 4.52 Å². The summed E-state index contributed by atoms with van der Waals surface area (Å²) in [5, 5.41) is 7.94. The van der Waals surface area contributed by atoms with Crippen molar-refractivity contribution in [1.82, 2.24) is 24.6 Å². The highest BCUT2D eigenvalue weighted by Crippen LogP contribution is 2.32. The van der Waals surface area contributed by atoms with E-state index in [1.54, 1.807) is 0 Å². The zero-order valence-corrected chi connectivity index (χ0v) is 13.6. The van der Waals surface area contributed by atoms with Gasteiger partial charge in [0.2, 0.25) is 5.89 Å². The van der Waals surface area contributed by atoms with Crippen molar-refractivity contribution >= 4 is 17.4 Å². The van der Waals surface area contributed by atoms with Crippen LogP contribution in [0.2, 0.25) is 0 Å². The Balaban J connectivity index is 1.84. The lowest BCUT2D eigenvalue weighted by Crippen LogP contribution is -2.38. The number of amides is 1. The summed E-state index contributed by atoms with van der Waals surface area (Å²) in [6.45, 7) is 4.58. The fourth-order valence-electron chi connectivity index (χ4n) is 2.72. The number of rotatable bonds is 4. The van der Waals surface area contributed by atoms with Crippen LogP contribution in [0.15, 0.2) is 4.52 Å². The highest BCUT2D eigenvalue weighted by molar-refractivity contribution is 7.07. The van der Waals surface area contributed by atoms with Crippen molar-refractivity contribution in [3.05, 3.63) is 22.3 Å². The number of carbonyl (C=O) groups excluding carboxylic acids is 1. The van der Waals surface area contributed by atoms with Crippen molar-refractivity contribution < 1.29 is 9.32 Å². The highest BCUT2D eigenvalue weighted by atomic mass is 32.1. The minimum absolute atomic E-state index is 0.0348. The van der Waals surface area contributed by atoms with Crippen LogP contribution in [0.1, 0.15) is 65.7 Å². The van der Waals surface area contributed by atoms with Crippen LogP contribution in [-0.4, -0.2) is 37.1 Å². The topological polar surface area (TPSA) is 85.0 Å². The van der Waals surface area contributed by atoms with Crippen molar-refractivity contribution in [3.63, 3.8) is 0 Å². The largest absolute Gasteiger partial charge is 0.337 e. The zero-order valence-electron chi connectivity index (χ0n) is 12.8. The monoisotopic (exact) mass is 321 g/mol. The molecule has 1 fully saturated rings. The molecule has 2 aromatic rings. The van der Waals surface area contributed by atoms with E-state index in [-0.39, 0.29) is 11.9 Å². The third-order valence-corrected chi connectivity index (χ3v) is 4.67. The molecule has 0 radical (unpaired) electrons. The Morgan fingerprint density at radius 1 is 1.45 bits per heavy atom. The van der Waals surface area contributed by atoms with Crippen molar-refractivity contribution in [2.75, 3.05) is 6.54 Å². The molecule has 2 aromatic heterocycles. The molecule has 0 N–H and O–H groups in total. The number of carbonyl (C=O) groups is 1. The molecule has 8 heteroatoms. The first-order valence-corrected chi connectivity index (χ1v) is 8.40. The van der Waals surface area contributed by atoms with Gasteiger partial charge in [0.15, 0.2) is 5.82 Å². The molecule has 7 nitrogen and oxygen atoms in total. The van der Waals surface area contributed by atoms with Crippen LogP contribution in [0, 0.1) is 6.92 Å². The van der Waals surface area contributed by atoms with Crippen LogP contribution in [0.25, 0.3) is 0 Å². The fraction of sp³-hybridized carbons (Fsp3) is 0.643. The fourth-order valence-corrected chi connectivity index (χ4v) is 3.33. The second-order valence-electron chi connectivity index (χ2n) is 5.50. The van der Waals surface area contributed by atoms with E-state index in [2.05, 4.69) is 26.7 Å². The third kappa shape index (κ3) is 2.87. The SMILES string of the molecule is CCCc1noc([C@@H]2CCCCN2C(=O)c2snnc2C)n1. The maximum absolute atomic E-state index is 12.8. The minimum Gasteiger partial charge on any atom is -0.337 e. The first-order chi connectivity index (χ1) is 10.7. The molecular weight excluding hydrogens is 302 g/mol. The van der Waals surface area contributed by atoms with Gasteiger partial charge in [-0.3, -0.25) is 4.79 Å². The average Bonchev–Trinajstić information content (AvgIpc) is 3.16. The molecule has 1 saturated heterocycles. The maximum Gasteiger partial charge on any atom is 0.268 e. The summed E-state index contributed by atoms with van der Waals surface area (Å²) in [4.78, 5) is 19.7. The van der Waals surface area contributed by atoms with Gasteiger partial charge in [0.25, 0.3) is 5.91 Å². The smallest absolute Gasteiger partial charge is 0.268 e. The molecule has 0 bridgehead atoms. The summed E-state index contributed by atoms with van der Waals surface area (Å²) >= 11 is 1.14. The second-order valence-corrected chi connectivity index (χ2v) is 6.25. The Morgan fingerprint density at radius 2 is 2.32 bits per heavy atom. The molecule has 1 atom stereocenters. The Bertz CT molecular complexity index is 653. The highest BCUT2D eigenvalue weighted by Gasteiger charge is 2.34. The molecule has 22 heavy (non-hydrogen) atoms. The standard InChI is InChI=1S/C14H19N5O2S/c1-3-6-11-15-13(21-17-11)10-7-4-5-8-19(10)14(20)12-9(2)16-18-22-12/h10H,3-8H2,1-2H3/t10-/m0/s1. The van der Waals surface area contributed by atoms with Gasteiger partial charge in [-0.15, -0.1) is 5.10 Å². The van der Waals surface area contributed by atoms with E-state index in [1.807, 2.05) is 11.8 Å².